The summed E-state index contributed by atoms with van der Waals surface area (Å²) < 4.78 is 25.3. The number of hydrogen-bond acceptors (Lipinski definition) is 5. The molecule has 1 fully saturated rings. The number of carbonyl (C=O) groups is 2. The normalized spacial score (nSPS) is 14.7. The second-order valence-corrected chi connectivity index (χ2v) is 10.5. The highest BCUT2D eigenvalue weighted by atomic mass is 127. The van der Waals surface area contributed by atoms with Crippen LogP contribution in [-0.4, -0.2) is 23.2 Å². The third kappa shape index (κ3) is 6.11. The number of amides is 2. The molecule has 35 heavy (non-hydrogen) atoms. The van der Waals surface area contributed by atoms with Crippen LogP contribution < -0.4 is 9.47 Å². The molecule has 3 aromatic carbocycles. The first-order chi connectivity index (χ1) is 16.7. The van der Waals surface area contributed by atoms with E-state index in [0.717, 1.165) is 25.8 Å². The van der Waals surface area contributed by atoms with Crippen molar-refractivity contribution in [1.82, 2.24) is 4.90 Å². The van der Waals surface area contributed by atoms with E-state index >= 15 is 0 Å². The lowest BCUT2D eigenvalue weighted by molar-refractivity contribution is -0.123. The van der Waals surface area contributed by atoms with Crippen molar-refractivity contribution >= 4 is 74.8 Å². The van der Waals surface area contributed by atoms with Crippen molar-refractivity contribution < 1.29 is 23.5 Å². The number of rotatable bonds is 7. The van der Waals surface area contributed by atoms with Gasteiger partial charge in [-0.25, -0.2) is 4.39 Å². The Balaban J connectivity index is 1.53. The van der Waals surface area contributed by atoms with Crippen LogP contribution in [0.5, 0.6) is 11.5 Å². The molecule has 0 bridgehead atoms. The number of nitrogens with zero attached hydrogens (tertiary/aromatic N) is 1. The summed E-state index contributed by atoms with van der Waals surface area (Å²) in [5, 5.41) is 0.477. The van der Waals surface area contributed by atoms with Crippen molar-refractivity contribution in [2.45, 2.75) is 13.2 Å². The van der Waals surface area contributed by atoms with Gasteiger partial charge in [-0.05, 0) is 93.5 Å². The Morgan fingerprint density at radius 3 is 2.51 bits per heavy atom. The SMILES string of the molecule is COc1cc(/C=C2\SC(=O)N(Cc3ccc(Cl)cc3Cl)C2=O)cc(I)c1OCc1ccc(F)cc1. The first-order valence-corrected chi connectivity index (χ1v) is 12.8. The fourth-order valence-electron chi connectivity index (χ4n) is 3.31. The summed E-state index contributed by atoms with van der Waals surface area (Å²) in [6.45, 7) is 0.285. The van der Waals surface area contributed by atoms with Gasteiger partial charge < -0.3 is 9.47 Å². The summed E-state index contributed by atoms with van der Waals surface area (Å²) in [4.78, 5) is 26.9. The van der Waals surface area contributed by atoms with Gasteiger partial charge in [-0.2, -0.15) is 0 Å². The van der Waals surface area contributed by atoms with Gasteiger partial charge >= 0.3 is 0 Å². The predicted molar refractivity (Wildman–Crippen MR) is 144 cm³/mol. The molecule has 0 radical (unpaired) electrons. The summed E-state index contributed by atoms with van der Waals surface area (Å²) in [5.74, 6) is 0.278. The zero-order valence-corrected chi connectivity index (χ0v) is 22.7. The van der Waals surface area contributed by atoms with Crippen LogP contribution in [-0.2, 0) is 17.9 Å². The summed E-state index contributed by atoms with van der Waals surface area (Å²) in [6, 6.07) is 14.5. The maximum absolute atomic E-state index is 13.1. The lowest BCUT2D eigenvalue weighted by Gasteiger charge is -2.14. The van der Waals surface area contributed by atoms with Gasteiger partial charge in [0.1, 0.15) is 12.4 Å². The standard InChI is InChI=1S/C25H17Cl2FINO4S/c1-33-21-9-15(8-20(29)23(21)34-13-14-2-6-18(28)7-3-14)10-22-24(31)30(25(32)35-22)12-16-4-5-17(26)11-19(16)27/h2-11H,12-13H2,1H3/b22-10-. The Labute approximate surface area is 229 Å². The third-order valence-corrected chi connectivity index (χ3v) is 7.36. The quantitative estimate of drug-likeness (QED) is 0.196. The van der Waals surface area contributed by atoms with Crippen molar-refractivity contribution in [2.75, 3.05) is 7.11 Å². The number of benzene rings is 3. The second kappa shape index (κ2) is 11.2. The van der Waals surface area contributed by atoms with E-state index in [9.17, 15) is 14.0 Å². The molecular formula is C25H17Cl2FINO4S. The molecule has 10 heteroatoms. The molecule has 2 amide bonds. The highest BCUT2D eigenvalue weighted by Gasteiger charge is 2.35. The largest absolute Gasteiger partial charge is 0.493 e. The third-order valence-electron chi connectivity index (χ3n) is 5.06. The van der Waals surface area contributed by atoms with Gasteiger partial charge in [-0.3, -0.25) is 14.5 Å². The van der Waals surface area contributed by atoms with Crippen molar-refractivity contribution in [3.05, 3.63) is 95.6 Å². The topological polar surface area (TPSA) is 55.8 Å². The maximum Gasteiger partial charge on any atom is 0.293 e. The highest BCUT2D eigenvalue weighted by molar-refractivity contribution is 14.1. The average molecular weight is 644 g/mol. The lowest BCUT2D eigenvalue weighted by atomic mass is 10.1. The van der Waals surface area contributed by atoms with Crippen molar-refractivity contribution in [3.63, 3.8) is 0 Å². The minimum absolute atomic E-state index is 0.0506. The molecule has 1 aliphatic heterocycles. The molecule has 180 valence electrons. The van der Waals surface area contributed by atoms with Crippen LogP contribution in [0.15, 0.2) is 59.5 Å². The van der Waals surface area contributed by atoms with Crippen LogP contribution >= 0.6 is 57.6 Å². The number of thioether (sulfide) groups is 1. The van der Waals surface area contributed by atoms with Gasteiger partial charge in [0.05, 0.1) is 22.1 Å². The van der Waals surface area contributed by atoms with Crippen LogP contribution in [0, 0.1) is 9.39 Å². The Morgan fingerprint density at radius 1 is 1.09 bits per heavy atom. The first kappa shape index (κ1) is 25.8. The van der Waals surface area contributed by atoms with E-state index in [0.29, 0.717) is 32.7 Å². The first-order valence-electron chi connectivity index (χ1n) is 10.2. The van der Waals surface area contributed by atoms with Crippen LogP contribution in [0.4, 0.5) is 9.18 Å². The van der Waals surface area contributed by atoms with Crippen molar-refractivity contribution in [2.24, 2.45) is 0 Å². The molecule has 0 unspecified atom stereocenters. The molecule has 5 nitrogen and oxygen atoms in total. The van der Waals surface area contributed by atoms with Crippen molar-refractivity contribution in [1.29, 1.82) is 0 Å². The number of halogens is 4. The van der Waals surface area contributed by atoms with Crippen LogP contribution in [0.25, 0.3) is 6.08 Å². The van der Waals surface area contributed by atoms with Gasteiger partial charge in [0.15, 0.2) is 11.5 Å². The molecule has 0 spiro atoms. The molecule has 4 rings (SSSR count). The van der Waals surface area contributed by atoms with E-state index < -0.39 is 5.91 Å². The van der Waals surface area contributed by atoms with Gasteiger partial charge in [0.25, 0.3) is 11.1 Å². The zero-order chi connectivity index (χ0) is 25.1. The Hall–Kier alpha value is -2.27. The number of methoxy groups -OCH3 is 1. The summed E-state index contributed by atoms with van der Waals surface area (Å²) in [6.07, 6.45) is 1.64. The van der Waals surface area contributed by atoms with E-state index in [1.165, 1.54) is 19.2 Å². The highest BCUT2D eigenvalue weighted by Crippen LogP contribution is 2.38. The number of hydrogen-bond donors (Lipinski definition) is 0. The smallest absolute Gasteiger partial charge is 0.293 e. The lowest BCUT2D eigenvalue weighted by Crippen LogP contribution is -2.27. The number of carbonyl (C=O) groups excluding carboxylic acids is 2. The molecule has 0 aliphatic carbocycles. The fourth-order valence-corrected chi connectivity index (χ4v) is 5.39. The number of ether oxygens (including phenoxy) is 2. The average Bonchev–Trinajstić information content (AvgIpc) is 3.08. The van der Waals surface area contributed by atoms with E-state index in [-0.39, 0.29) is 29.1 Å². The van der Waals surface area contributed by atoms with E-state index in [2.05, 4.69) is 22.6 Å². The summed E-state index contributed by atoms with van der Waals surface area (Å²) in [7, 11) is 1.52. The molecule has 1 heterocycles. The number of imide groups is 1. The Bertz CT molecular complexity index is 1330. The predicted octanol–water partition coefficient (Wildman–Crippen LogP) is 7.56. The van der Waals surface area contributed by atoms with Crippen LogP contribution in [0.1, 0.15) is 16.7 Å². The molecule has 0 atom stereocenters. The van der Waals surface area contributed by atoms with Gasteiger partial charge in [0.2, 0.25) is 0 Å². The van der Waals surface area contributed by atoms with Crippen molar-refractivity contribution in [3.8, 4) is 11.5 Å². The Kier molecular flexibility index (Phi) is 8.26. The minimum atomic E-state index is -0.406. The van der Waals surface area contributed by atoms with Crippen LogP contribution in [0.2, 0.25) is 10.0 Å². The second-order valence-electron chi connectivity index (χ2n) is 7.45. The van der Waals surface area contributed by atoms with E-state index in [4.69, 9.17) is 32.7 Å². The monoisotopic (exact) mass is 643 g/mol. The molecule has 0 aromatic heterocycles. The molecular weight excluding hydrogens is 627 g/mol. The van der Waals surface area contributed by atoms with E-state index in [1.54, 1.807) is 42.5 Å². The molecule has 1 aliphatic rings. The summed E-state index contributed by atoms with van der Waals surface area (Å²) in [5.41, 5.74) is 2.11. The Morgan fingerprint density at radius 2 is 1.83 bits per heavy atom. The molecule has 1 saturated heterocycles. The zero-order valence-electron chi connectivity index (χ0n) is 18.2. The van der Waals surface area contributed by atoms with Gasteiger partial charge in [-0.15, -0.1) is 0 Å². The molecule has 0 saturated carbocycles. The fraction of sp³-hybridized carbons (Fsp3) is 0.120. The summed E-state index contributed by atoms with van der Waals surface area (Å²) >= 11 is 15.1. The van der Waals surface area contributed by atoms with Gasteiger partial charge in [-0.1, -0.05) is 41.4 Å². The van der Waals surface area contributed by atoms with Gasteiger partial charge in [0, 0.05) is 10.0 Å². The minimum Gasteiger partial charge on any atom is -0.493 e. The van der Waals surface area contributed by atoms with Crippen LogP contribution in [0.3, 0.4) is 0 Å². The molecule has 0 N–H and O–H groups in total. The van der Waals surface area contributed by atoms with E-state index in [1.807, 2.05) is 6.07 Å². The molecule has 3 aromatic rings. The maximum atomic E-state index is 13.1.